The molecule has 1 unspecified atom stereocenters. The Bertz CT molecular complexity index is 761. The van der Waals surface area contributed by atoms with Gasteiger partial charge in [0.05, 0.1) is 26.4 Å². The molecule has 0 amide bonds. The molecular formula is C22H27NO3. The van der Waals surface area contributed by atoms with Crippen LogP contribution in [0, 0.1) is 0 Å². The minimum absolute atomic E-state index is 0.0657. The quantitative estimate of drug-likeness (QED) is 0.818. The van der Waals surface area contributed by atoms with Crippen LogP contribution in [0.1, 0.15) is 48.6 Å². The minimum atomic E-state index is -0.0657. The van der Waals surface area contributed by atoms with Gasteiger partial charge in [-0.1, -0.05) is 37.3 Å². The fourth-order valence-electron chi connectivity index (χ4n) is 4.45. The summed E-state index contributed by atoms with van der Waals surface area (Å²) in [6, 6.07) is 15.0. The molecule has 3 atom stereocenters. The van der Waals surface area contributed by atoms with Gasteiger partial charge in [-0.25, -0.2) is 0 Å². The molecule has 2 heterocycles. The number of fused-ring (bicyclic) bond motifs is 3. The highest BCUT2D eigenvalue weighted by molar-refractivity contribution is 5.52. The highest BCUT2D eigenvalue weighted by Crippen LogP contribution is 2.48. The number of nitrogens with zero attached hydrogens (tertiary/aromatic N) is 1. The van der Waals surface area contributed by atoms with E-state index in [0.717, 1.165) is 31.0 Å². The van der Waals surface area contributed by atoms with Crippen molar-refractivity contribution in [3.63, 3.8) is 0 Å². The van der Waals surface area contributed by atoms with E-state index in [1.165, 1.54) is 23.1 Å². The van der Waals surface area contributed by atoms with Gasteiger partial charge in [0.15, 0.2) is 11.5 Å². The molecule has 138 valence electrons. The summed E-state index contributed by atoms with van der Waals surface area (Å²) in [6.07, 6.45) is 2.42. The first-order valence-corrected chi connectivity index (χ1v) is 9.47. The molecule has 0 spiro atoms. The van der Waals surface area contributed by atoms with Crippen molar-refractivity contribution in [3.05, 3.63) is 59.2 Å². The van der Waals surface area contributed by atoms with Crippen molar-refractivity contribution in [2.45, 2.75) is 38.0 Å². The number of ether oxygens (including phenoxy) is 3. The minimum Gasteiger partial charge on any atom is -0.493 e. The average molecular weight is 353 g/mol. The van der Waals surface area contributed by atoms with Crippen molar-refractivity contribution < 1.29 is 14.2 Å². The average Bonchev–Trinajstić information content (AvgIpc) is 2.72. The molecule has 2 aromatic carbocycles. The Morgan fingerprint density at radius 2 is 1.73 bits per heavy atom. The third-order valence-corrected chi connectivity index (χ3v) is 5.69. The summed E-state index contributed by atoms with van der Waals surface area (Å²) in [5, 5.41) is 0. The lowest BCUT2D eigenvalue weighted by molar-refractivity contribution is -0.0846. The second kappa shape index (κ2) is 7.29. The molecule has 4 rings (SSSR count). The van der Waals surface area contributed by atoms with Gasteiger partial charge in [0.25, 0.3) is 0 Å². The zero-order chi connectivity index (χ0) is 18.1. The highest BCUT2D eigenvalue weighted by atomic mass is 16.5. The van der Waals surface area contributed by atoms with E-state index < -0.39 is 0 Å². The largest absolute Gasteiger partial charge is 0.493 e. The van der Waals surface area contributed by atoms with E-state index >= 15 is 0 Å². The van der Waals surface area contributed by atoms with Crippen LogP contribution < -0.4 is 9.47 Å². The summed E-state index contributed by atoms with van der Waals surface area (Å²) >= 11 is 0. The lowest BCUT2D eigenvalue weighted by Gasteiger charge is -2.47. The van der Waals surface area contributed by atoms with E-state index in [4.69, 9.17) is 14.2 Å². The number of benzene rings is 2. The van der Waals surface area contributed by atoms with Gasteiger partial charge < -0.3 is 14.2 Å². The van der Waals surface area contributed by atoms with Crippen LogP contribution in [0.5, 0.6) is 11.5 Å². The van der Waals surface area contributed by atoms with E-state index in [1.54, 1.807) is 14.2 Å². The number of methoxy groups -OCH3 is 2. The summed E-state index contributed by atoms with van der Waals surface area (Å²) in [5.74, 6) is 1.55. The van der Waals surface area contributed by atoms with Gasteiger partial charge in [0.2, 0.25) is 0 Å². The monoisotopic (exact) mass is 353 g/mol. The summed E-state index contributed by atoms with van der Waals surface area (Å²) in [7, 11) is 3.39. The van der Waals surface area contributed by atoms with Crippen molar-refractivity contribution in [2.75, 3.05) is 27.3 Å². The van der Waals surface area contributed by atoms with Gasteiger partial charge in [-0.15, -0.1) is 0 Å². The van der Waals surface area contributed by atoms with Gasteiger partial charge in [-0.3, -0.25) is 4.90 Å². The van der Waals surface area contributed by atoms with E-state index in [0.29, 0.717) is 0 Å². The van der Waals surface area contributed by atoms with E-state index in [1.807, 2.05) is 6.07 Å². The zero-order valence-electron chi connectivity index (χ0n) is 15.8. The van der Waals surface area contributed by atoms with Crippen LogP contribution in [0.2, 0.25) is 0 Å². The summed E-state index contributed by atoms with van der Waals surface area (Å²) < 4.78 is 17.9. The SMILES string of the molecule is CCN1CCC[C@H]2OC(c3ccccc3)c3cc(OC)c(OC)cc3[C@H]21. The standard InChI is InChI=1S/C22H27NO3/c1-4-23-12-8-11-18-21(23)16-13-19(24-2)20(25-3)14-17(16)22(26-18)15-9-6-5-7-10-15/h5-7,9-10,13-14,18,21-22H,4,8,11-12H2,1-3H3/t18-,21-,22?/m1/s1. The Morgan fingerprint density at radius 3 is 2.38 bits per heavy atom. The summed E-state index contributed by atoms with van der Waals surface area (Å²) in [6.45, 7) is 4.37. The molecule has 2 aliphatic rings. The molecule has 1 fully saturated rings. The van der Waals surface area contributed by atoms with Crippen LogP contribution in [0.4, 0.5) is 0 Å². The van der Waals surface area contributed by atoms with Crippen LogP contribution >= 0.6 is 0 Å². The Hall–Kier alpha value is -2.04. The fraction of sp³-hybridized carbons (Fsp3) is 0.455. The number of hydrogen-bond donors (Lipinski definition) is 0. The molecule has 2 aliphatic heterocycles. The van der Waals surface area contributed by atoms with Gasteiger partial charge in [-0.2, -0.15) is 0 Å². The smallest absolute Gasteiger partial charge is 0.161 e. The first-order chi connectivity index (χ1) is 12.8. The molecule has 0 N–H and O–H groups in total. The van der Waals surface area contributed by atoms with Gasteiger partial charge >= 0.3 is 0 Å². The molecule has 0 saturated carbocycles. The first kappa shape index (κ1) is 17.4. The molecule has 4 heteroatoms. The number of likely N-dealkylation sites (tertiary alicyclic amines) is 1. The van der Waals surface area contributed by atoms with E-state index in [9.17, 15) is 0 Å². The number of rotatable bonds is 4. The molecular weight excluding hydrogens is 326 g/mol. The third-order valence-electron chi connectivity index (χ3n) is 5.69. The van der Waals surface area contributed by atoms with E-state index in [2.05, 4.69) is 48.2 Å². The lowest BCUT2D eigenvalue weighted by Crippen LogP contribution is -2.46. The van der Waals surface area contributed by atoms with Crippen molar-refractivity contribution in [2.24, 2.45) is 0 Å². The van der Waals surface area contributed by atoms with Crippen LogP contribution in [-0.2, 0) is 4.74 Å². The molecule has 0 aliphatic carbocycles. The zero-order valence-corrected chi connectivity index (χ0v) is 15.8. The Labute approximate surface area is 155 Å². The topological polar surface area (TPSA) is 30.9 Å². The third kappa shape index (κ3) is 2.87. The second-order valence-electron chi connectivity index (χ2n) is 7.02. The van der Waals surface area contributed by atoms with Crippen molar-refractivity contribution in [1.29, 1.82) is 0 Å². The summed E-state index contributed by atoms with van der Waals surface area (Å²) in [5.41, 5.74) is 3.69. The second-order valence-corrected chi connectivity index (χ2v) is 7.02. The van der Waals surface area contributed by atoms with Crippen LogP contribution in [0.3, 0.4) is 0 Å². The Balaban J connectivity index is 1.88. The number of hydrogen-bond acceptors (Lipinski definition) is 4. The molecule has 0 bridgehead atoms. The Morgan fingerprint density at radius 1 is 1.04 bits per heavy atom. The summed E-state index contributed by atoms with van der Waals surface area (Å²) in [4.78, 5) is 2.53. The van der Waals surface area contributed by atoms with Crippen LogP contribution in [0.15, 0.2) is 42.5 Å². The van der Waals surface area contributed by atoms with Crippen LogP contribution in [-0.4, -0.2) is 38.3 Å². The molecule has 0 aromatic heterocycles. The first-order valence-electron chi connectivity index (χ1n) is 9.47. The maximum Gasteiger partial charge on any atom is 0.161 e. The molecule has 4 nitrogen and oxygen atoms in total. The van der Waals surface area contributed by atoms with Crippen molar-refractivity contribution in [3.8, 4) is 11.5 Å². The number of likely N-dealkylation sites (N-methyl/N-ethyl adjacent to an activating group) is 1. The van der Waals surface area contributed by atoms with Gasteiger partial charge in [0, 0.05) is 0 Å². The van der Waals surface area contributed by atoms with E-state index in [-0.39, 0.29) is 18.2 Å². The number of piperidine rings is 1. The molecule has 2 aromatic rings. The van der Waals surface area contributed by atoms with Crippen molar-refractivity contribution in [1.82, 2.24) is 4.90 Å². The predicted octanol–water partition coefficient (Wildman–Crippen LogP) is 4.35. The molecule has 0 radical (unpaired) electrons. The Kier molecular flexibility index (Phi) is 4.88. The predicted molar refractivity (Wildman–Crippen MR) is 102 cm³/mol. The van der Waals surface area contributed by atoms with Crippen molar-refractivity contribution >= 4 is 0 Å². The maximum atomic E-state index is 6.67. The van der Waals surface area contributed by atoms with Gasteiger partial charge in [0.1, 0.15) is 6.10 Å². The van der Waals surface area contributed by atoms with Crippen LogP contribution in [0.25, 0.3) is 0 Å². The lowest BCUT2D eigenvalue weighted by atomic mass is 9.83. The van der Waals surface area contributed by atoms with Gasteiger partial charge in [-0.05, 0) is 54.8 Å². The fourth-order valence-corrected chi connectivity index (χ4v) is 4.45. The maximum absolute atomic E-state index is 6.67. The normalized spacial score (nSPS) is 25.3. The highest BCUT2D eigenvalue weighted by Gasteiger charge is 2.41. The molecule has 1 saturated heterocycles. The molecule has 26 heavy (non-hydrogen) atoms.